The fourth-order valence-corrected chi connectivity index (χ4v) is 2.27. The van der Waals surface area contributed by atoms with Gasteiger partial charge in [-0.25, -0.2) is 0 Å². The minimum Gasteiger partial charge on any atom is -0.488 e. The lowest BCUT2D eigenvalue weighted by Crippen LogP contribution is -2.42. The monoisotopic (exact) mass is 334 g/mol. The highest BCUT2D eigenvalue weighted by atomic mass is 35.5. The van der Waals surface area contributed by atoms with Gasteiger partial charge in [0.1, 0.15) is 12.6 Å². The highest BCUT2D eigenvalue weighted by molar-refractivity contribution is 6.37. The summed E-state index contributed by atoms with van der Waals surface area (Å²) < 4.78 is 5.32. The summed E-state index contributed by atoms with van der Waals surface area (Å²) in [6, 6.07) is 1.51. The molecule has 0 saturated heterocycles. The fraction of sp³-hybridized carbons (Fsp3) is 0.417. The Kier molecular flexibility index (Phi) is 4.87. The van der Waals surface area contributed by atoms with Crippen molar-refractivity contribution in [3.8, 4) is 5.75 Å². The van der Waals surface area contributed by atoms with Gasteiger partial charge in [0.25, 0.3) is 5.69 Å². The van der Waals surface area contributed by atoms with Crippen LogP contribution in [-0.2, 0) is 4.79 Å². The lowest BCUT2D eigenvalue weighted by Gasteiger charge is -2.16. The van der Waals surface area contributed by atoms with Gasteiger partial charge in [-0.2, -0.15) is 0 Å². The van der Waals surface area contributed by atoms with Crippen molar-refractivity contribution in [3.05, 3.63) is 32.3 Å². The Balaban J connectivity index is 2.07. The third-order valence-corrected chi connectivity index (χ3v) is 3.46. The van der Waals surface area contributed by atoms with Crippen molar-refractivity contribution < 1.29 is 19.6 Å². The van der Waals surface area contributed by atoms with Crippen LogP contribution < -0.4 is 10.1 Å². The van der Waals surface area contributed by atoms with Crippen molar-refractivity contribution in [1.82, 2.24) is 5.32 Å². The van der Waals surface area contributed by atoms with Crippen LogP contribution >= 0.6 is 23.2 Å². The van der Waals surface area contributed by atoms with Crippen molar-refractivity contribution in [3.63, 3.8) is 0 Å². The molecule has 1 atom stereocenters. The molecule has 1 aliphatic rings. The predicted octanol–water partition coefficient (Wildman–Crippen LogP) is 2.49. The van der Waals surface area contributed by atoms with E-state index in [1.807, 2.05) is 0 Å². The van der Waals surface area contributed by atoms with Gasteiger partial charge >= 0.3 is 5.97 Å². The smallest absolute Gasteiger partial charge is 0.324 e. The first-order valence-corrected chi connectivity index (χ1v) is 6.89. The Morgan fingerprint density at radius 2 is 2.05 bits per heavy atom. The van der Waals surface area contributed by atoms with Crippen LogP contribution in [0.4, 0.5) is 5.69 Å². The van der Waals surface area contributed by atoms with E-state index < -0.39 is 16.9 Å². The second-order valence-corrected chi connectivity index (χ2v) is 5.45. The van der Waals surface area contributed by atoms with E-state index in [1.165, 1.54) is 0 Å². The molecule has 1 aromatic rings. The van der Waals surface area contributed by atoms with Crippen LogP contribution in [0.25, 0.3) is 0 Å². The molecule has 0 heterocycles. The maximum atomic E-state index is 11.1. The molecule has 1 unspecified atom stereocenters. The number of ether oxygens (including phenoxy) is 1. The topological polar surface area (TPSA) is 102 Å². The summed E-state index contributed by atoms with van der Waals surface area (Å²) in [6.07, 6.45) is 1.87. The van der Waals surface area contributed by atoms with E-state index in [1.54, 1.807) is 0 Å². The van der Waals surface area contributed by atoms with Gasteiger partial charge < -0.3 is 9.84 Å². The molecule has 2 rings (SSSR count). The average Bonchev–Trinajstić information content (AvgIpc) is 3.19. The van der Waals surface area contributed by atoms with Crippen LogP contribution in [0, 0.1) is 10.1 Å². The molecular weight excluding hydrogens is 323 g/mol. The summed E-state index contributed by atoms with van der Waals surface area (Å²) in [5.41, 5.74) is -0.261. The zero-order valence-electron chi connectivity index (χ0n) is 10.7. The molecular formula is C12H12Cl2N2O5. The SMILES string of the molecule is O=C(O)C(COc1c(Cl)cc([N+](=O)[O-])cc1Cl)NC1CC1. The van der Waals surface area contributed by atoms with Gasteiger partial charge in [-0.05, 0) is 12.8 Å². The number of nitro benzene ring substituents is 1. The third kappa shape index (κ3) is 4.20. The second kappa shape index (κ2) is 6.46. The second-order valence-electron chi connectivity index (χ2n) is 4.64. The Hall–Kier alpha value is -1.57. The molecule has 1 aromatic carbocycles. The number of halogens is 2. The molecule has 0 aromatic heterocycles. The number of benzene rings is 1. The van der Waals surface area contributed by atoms with E-state index in [0.717, 1.165) is 25.0 Å². The summed E-state index contributed by atoms with van der Waals surface area (Å²) in [6.45, 7) is -0.177. The fourth-order valence-electron chi connectivity index (χ4n) is 1.68. The lowest BCUT2D eigenvalue weighted by atomic mass is 10.3. The summed E-state index contributed by atoms with van der Waals surface area (Å²) >= 11 is 11.8. The molecule has 0 bridgehead atoms. The quantitative estimate of drug-likeness (QED) is 0.586. The summed E-state index contributed by atoms with van der Waals surface area (Å²) in [5, 5.41) is 22.6. The predicted molar refractivity (Wildman–Crippen MR) is 76.2 cm³/mol. The van der Waals surface area contributed by atoms with Gasteiger partial charge in [0.05, 0.1) is 15.0 Å². The first kappa shape index (κ1) is 15.8. The number of nitrogens with zero attached hydrogens (tertiary/aromatic N) is 1. The van der Waals surface area contributed by atoms with E-state index in [9.17, 15) is 14.9 Å². The summed E-state index contributed by atoms with van der Waals surface area (Å²) in [5.74, 6) is -1.01. The largest absolute Gasteiger partial charge is 0.488 e. The molecule has 1 fully saturated rings. The first-order chi connectivity index (χ1) is 9.88. The van der Waals surface area contributed by atoms with E-state index in [0.29, 0.717) is 0 Å². The van der Waals surface area contributed by atoms with E-state index in [4.69, 9.17) is 33.0 Å². The van der Waals surface area contributed by atoms with Crippen molar-refractivity contribution in [1.29, 1.82) is 0 Å². The number of nitro groups is 1. The highest BCUT2D eigenvalue weighted by Crippen LogP contribution is 2.36. The molecule has 1 saturated carbocycles. The minimum absolute atomic E-state index is 0.0350. The number of carboxylic acid groups (broad SMARTS) is 1. The molecule has 7 nitrogen and oxygen atoms in total. The third-order valence-electron chi connectivity index (χ3n) is 2.90. The van der Waals surface area contributed by atoms with Gasteiger partial charge in [0.2, 0.25) is 0 Å². The van der Waals surface area contributed by atoms with Gasteiger partial charge in [-0.3, -0.25) is 20.2 Å². The Bertz CT molecular complexity index is 554. The number of carbonyl (C=O) groups is 1. The number of hydrogen-bond donors (Lipinski definition) is 2. The van der Waals surface area contributed by atoms with Crippen LogP contribution in [0.5, 0.6) is 5.75 Å². The van der Waals surface area contributed by atoms with Gasteiger partial charge in [-0.15, -0.1) is 0 Å². The Morgan fingerprint density at radius 1 is 1.48 bits per heavy atom. The van der Waals surface area contributed by atoms with E-state index in [-0.39, 0.29) is 34.1 Å². The van der Waals surface area contributed by atoms with Gasteiger partial charge in [0, 0.05) is 18.2 Å². The molecule has 114 valence electrons. The standard InChI is InChI=1S/C12H12Cl2N2O5/c13-8-3-7(16(19)20)4-9(14)11(8)21-5-10(12(17)18)15-6-1-2-6/h3-4,6,10,15H,1-2,5H2,(H,17,18). The number of non-ortho nitro benzene ring substituents is 1. The van der Waals surface area contributed by atoms with Crippen LogP contribution in [0.3, 0.4) is 0 Å². The van der Waals surface area contributed by atoms with E-state index >= 15 is 0 Å². The number of carboxylic acids is 1. The van der Waals surface area contributed by atoms with Crippen LogP contribution in [-0.4, -0.2) is 34.7 Å². The van der Waals surface area contributed by atoms with Crippen LogP contribution in [0.15, 0.2) is 12.1 Å². The molecule has 9 heteroatoms. The Morgan fingerprint density at radius 3 is 2.48 bits per heavy atom. The minimum atomic E-state index is -1.05. The number of rotatable bonds is 7. The van der Waals surface area contributed by atoms with Crippen molar-refractivity contribution in [2.75, 3.05) is 6.61 Å². The number of aliphatic carboxylic acids is 1. The molecule has 0 radical (unpaired) electrons. The van der Waals surface area contributed by atoms with Crippen molar-refractivity contribution in [2.45, 2.75) is 24.9 Å². The van der Waals surface area contributed by atoms with Gasteiger partial charge in [0.15, 0.2) is 5.75 Å². The normalized spacial score (nSPS) is 15.5. The number of hydrogen-bond acceptors (Lipinski definition) is 5. The van der Waals surface area contributed by atoms with Crippen LogP contribution in [0.1, 0.15) is 12.8 Å². The summed E-state index contributed by atoms with van der Waals surface area (Å²) in [4.78, 5) is 21.1. The zero-order chi connectivity index (χ0) is 15.6. The van der Waals surface area contributed by atoms with E-state index in [2.05, 4.69) is 5.32 Å². The van der Waals surface area contributed by atoms with Crippen LogP contribution in [0.2, 0.25) is 10.0 Å². The number of nitrogens with one attached hydrogen (secondary N) is 1. The molecule has 0 aliphatic heterocycles. The van der Waals surface area contributed by atoms with Crippen molar-refractivity contribution in [2.24, 2.45) is 0 Å². The molecule has 1 aliphatic carbocycles. The Labute approximate surface area is 129 Å². The van der Waals surface area contributed by atoms with Gasteiger partial charge in [-0.1, -0.05) is 23.2 Å². The first-order valence-electron chi connectivity index (χ1n) is 6.13. The maximum Gasteiger partial charge on any atom is 0.324 e. The summed E-state index contributed by atoms with van der Waals surface area (Å²) in [7, 11) is 0. The average molecular weight is 335 g/mol. The lowest BCUT2D eigenvalue weighted by molar-refractivity contribution is -0.384. The molecule has 0 spiro atoms. The molecule has 0 amide bonds. The molecule has 21 heavy (non-hydrogen) atoms. The highest BCUT2D eigenvalue weighted by Gasteiger charge is 2.29. The zero-order valence-corrected chi connectivity index (χ0v) is 12.2. The molecule has 2 N–H and O–H groups in total. The maximum absolute atomic E-state index is 11.1. The van der Waals surface area contributed by atoms with Crippen molar-refractivity contribution >= 4 is 34.9 Å².